The highest BCUT2D eigenvalue weighted by atomic mass is 15.4. The fourth-order valence-corrected chi connectivity index (χ4v) is 3.21. The van der Waals surface area contributed by atoms with Crippen molar-refractivity contribution in [2.45, 2.75) is 79.6 Å². The molecule has 1 aromatic rings. The van der Waals surface area contributed by atoms with Gasteiger partial charge in [-0.1, -0.05) is 0 Å². The molecule has 0 fully saturated rings. The van der Waals surface area contributed by atoms with Gasteiger partial charge >= 0.3 is 0 Å². The molecule has 0 atom stereocenters. The van der Waals surface area contributed by atoms with Crippen LogP contribution in [-0.2, 0) is 0 Å². The van der Waals surface area contributed by atoms with Crippen LogP contribution < -0.4 is 14.7 Å². The van der Waals surface area contributed by atoms with Crippen molar-refractivity contribution in [3.05, 3.63) is 0 Å². The molecule has 0 spiro atoms. The zero-order chi connectivity index (χ0) is 17.9. The monoisotopic (exact) mass is 322 g/mol. The molecule has 0 radical (unpaired) electrons. The second kappa shape index (κ2) is 7.79. The molecule has 1 heterocycles. The van der Waals surface area contributed by atoms with Gasteiger partial charge in [-0.05, 0) is 60.6 Å². The minimum absolute atomic E-state index is 0.335. The number of aromatic nitrogens is 3. The van der Waals surface area contributed by atoms with E-state index in [9.17, 15) is 0 Å². The van der Waals surface area contributed by atoms with E-state index in [1.54, 1.807) is 0 Å². The van der Waals surface area contributed by atoms with Crippen molar-refractivity contribution in [1.29, 1.82) is 0 Å². The van der Waals surface area contributed by atoms with Crippen LogP contribution in [0.15, 0.2) is 0 Å². The number of anilines is 3. The van der Waals surface area contributed by atoms with Gasteiger partial charge in [-0.3, -0.25) is 0 Å². The van der Waals surface area contributed by atoms with Crippen LogP contribution in [0.1, 0.15) is 55.4 Å². The smallest absolute Gasteiger partial charge is 0.181 e. The third kappa shape index (κ3) is 4.24. The highest BCUT2D eigenvalue weighted by Crippen LogP contribution is 2.38. The lowest BCUT2D eigenvalue weighted by atomic mass is 10.1. The topological polar surface area (TPSA) is 48.4 Å². The summed E-state index contributed by atoms with van der Waals surface area (Å²) in [7, 11) is 4.01. The lowest BCUT2D eigenvalue weighted by molar-refractivity contribution is 0.571. The zero-order valence-electron chi connectivity index (χ0n) is 16.5. The molecule has 0 N–H and O–H groups in total. The molecule has 0 saturated carbocycles. The summed E-state index contributed by atoms with van der Waals surface area (Å²) >= 11 is 0. The fraction of sp³-hybridized carbons (Fsp3) is 0.824. The largest absolute Gasteiger partial charge is 0.361 e. The van der Waals surface area contributed by atoms with Gasteiger partial charge in [-0.25, -0.2) is 0 Å². The molecule has 0 aromatic carbocycles. The summed E-state index contributed by atoms with van der Waals surface area (Å²) in [6.07, 6.45) is 0. The van der Waals surface area contributed by atoms with E-state index in [4.69, 9.17) is 0 Å². The second-order valence-electron chi connectivity index (χ2n) is 7.37. The molecule has 0 aliphatic rings. The number of hydrogen-bond donors (Lipinski definition) is 0. The number of rotatable bonds is 7. The summed E-state index contributed by atoms with van der Waals surface area (Å²) in [4.78, 5) is 6.71. The van der Waals surface area contributed by atoms with Crippen molar-refractivity contribution in [3.8, 4) is 0 Å². The molecule has 132 valence electrons. The molecule has 0 aliphatic carbocycles. The normalized spacial score (nSPS) is 11.7. The molecule has 6 heteroatoms. The third-order valence-electron chi connectivity index (χ3n) is 3.85. The van der Waals surface area contributed by atoms with Crippen LogP contribution in [0.25, 0.3) is 0 Å². The summed E-state index contributed by atoms with van der Waals surface area (Å²) in [6.45, 7) is 17.6. The Morgan fingerprint density at radius 3 is 1.35 bits per heavy atom. The first-order valence-corrected chi connectivity index (χ1v) is 8.56. The minimum atomic E-state index is 0.335. The van der Waals surface area contributed by atoms with Crippen molar-refractivity contribution in [2.75, 3.05) is 28.8 Å². The maximum Gasteiger partial charge on any atom is 0.181 e. The van der Waals surface area contributed by atoms with Crippen molar-refractivity contribution >= 4 is 17.3 Å². The van der Waals surface area contributed by atoms with Crippen LogP contribution >= 0.6 is 0 Å². The summed E-state index contributed by atoms with van der Waals surface area (Å²) in [5, 5.41) is 12.8. The summed E-state index contributed by atoms with van der Waals surface area (Å²) in [5.41, 5.74) is 1.07. The van der Waals surface area contributed by atoms with E-state index in [0.717, 1.165) is 17.3 Å². The van der Waals surface area contributed by atoms with Crippen LogP contribution in [-0.4, -0.2) is 53.7 Å². The van der Waals surface area contributed by atoms with Crippen molar-refractivity contribution < 1.29 is 0 Å². The number of nitrogens with zero attached hydrogens (tertiary/aromatic N) is 6. The van der Waals surface area contributed by atoms with E-state index in [-0.39, 0.29) is 0 Å². The predicted octanol–water partition coefficient (Wildman–Crippen LogP) is 3.18. The first-order chi connectivity index (χ1) is 10.6. The highest BCUT2D eigenvalue weighted by molar-refractivity contribution is 5.79. The Morgan fingerprint density at radius 2 is 1.00 bits per heavy atom. The van der Waals surface area contributed by atoms with E-state index >= 15 is 0 Å². The van der Waals surface area contributed by atoms with E-state index in [0.29, 0.717) is 24.2 Å². The average Bonchev–Trinajstić information content (AvgIpc) is 2.38. The molecular formula is C17H34N6. The first-order valence-electron chi connectivity index (χ1n) is 8.56. The van der Waals surface area contributed by atoms with Gasteiger partial charge in [0.1, 0.15) is 5.69 Å². The second-order valence-corrected chi connectivity index (χ2v) is 7.37. The van der Waals surface area contributed by atoms with Crippen molar-refractivity contribution in [2.24, 2.45) is 0 Å². The molecule has 0 bridgehead atoms. The van der Waals surface area contributed by atoms with Gasteiger partial charge in [0.05, 0.1) is 0 Å². The molecule has 0 saturated heterocycles. The minimum Gasteiger partial charge on any atom is -0.361 e. The van der Waals surface area contributed by atoms with E-state index in [2.05, 4.69) is 80.6 Å². The maximum absolute atomic E-state index is 4.45. The van der Waals surface area contributed by atoms with Crippen molar-refractivity contribution in [1.82, 2.24) is 15.4 Å². The molecule has 0 amide bonds. The summed E-state index contributed by atoms with van der Waals surface area (Å²) in [5.74, 6) is 1.78. The van der Waals surface area contributed by atoms with Crippen LogP contribution in [0.2, 0.25) is 0 Å². The molecule has 0 aliphatic heterocycles. The predicted molar refractivity (Wildman–Crippen MR) is 99.7 cm³/mol. The number of hydrogen-bond acceptors (Lipinski definition) is 6. The Kier molecular flexibility index (Phi) is 6.59. The van der Waals surface area contributed by atoms with Gasteiger partial charge in [0, 0.05) is 38.3 Å². The molecule has 0 unspecified atom stereocenters. The molecule has 1 aromatic heterocycles. The van der Waals surface area contributed by atoms with Crippen LogP contribution in [0.3, 0.4) is 0 Å². The van der Waals surface area contributed by atoms with Gasteiger partial charge in [-0.15, -0.1) is 10.2 Å². The zero-order valence-corrected chi connectivity index (χ0v) is 16.5. The first kappa shape index (κ1) is 19.5. The Labute approximate surface area is 141 Å². The Balaban J connectivity index is 3.67. The molecule has 6 nitrogen and oxygen atoms in total. The maximum atomic E-state index is 4.45. The summed E-state index contributed by atoms with van der Waals surface area (Å²) in [6, 6.07) is 1.36. The van der Waals surface area contributed by atoms with Crippen molar-refractivity contribution in [3.63, 3.8) is 0 Å². The van der Waals surface area contributed by atoms with Gasteiger partial charge in [0.25, 0.3) is 0 Å². The molecular weight excluding hydrogens is 288 g/mol. The summed E-state index contributed by atoms with van der Waals surface area (Å²) < 4.78 is 0. The lowest BCUT2D eigenvalue weighted by Gasteiger charge is -2.40. The fourth-order valence-electron chi connectivity index (χ4n) is 3.21. The van der Waals surface area contributed by atoms with Gasteiger partial charge < -0.3 is 14.7 Å². The molecule has 1 rings (SSSR count). The van der Waals surface area contributed by atoms with Gasteiger partial charge in [-0.2, -0.15) is 0 Å². The average molecular weight is 323 g/mol. The molecule has 23 heavy (non-hydrogen) atoms. The highest BCUT2D eigenvalue weighted by Gasteiger charge is 2.29. The standard InChI is InChI=1S/C17H34N6/c1-11(2)22(12(3)4)15-16(21(9)10)18-20-19-17(15)23(13(5)6)14(7)8/h11-14H,1-10H3. The third-order valence-corrected chi connectivity index (χ3v) is 3.85. The van der Waals surface area contributed by atoms with E-state index in [1.165, 1.54) is 0 Å². The van der Waals surface area contributed by atoms with E-state index in [1.807, 2.05) is 19.0 Å². The quantitative estimate of drug-likeness (QED) is 0.768. The van der Waals surface area contributed by atoms with E-state index < -0.39 is 0 Å². The Bertz CT molecular complexity index is 480. The van der Waals surface area contributed by atoms with Crippen LogP contribution in [0.5, 0.6) is 0 Å². The van der Waals surface area contributed by atoms with Crippen LogP contribution in [0, 0.1) is 0 Å². The van der Waals surface area contributed by atoms with Gasteiger partial charge in [0.15, 0.2) is 11.6 Å². The van der Waals surface area contributed by atoms with Gasteiger partial charge in [0.2, 0.25) is 0 Å². The Morgan fingerprint density at radius 1 is 0.609 bits per heavy atom. The SMILES string of the molecule is CC(C)N(c1nnnc(N(C)C)c1N(C(C)C)C(C)C)C(C)C. The lowest BCUT2D eigenvalue weighted by Crippen LogP contribution is -2.43. The van der Waals surface area contributed by atoms with Crippen LogP contribution in [0.4, 0.5) is 17.3 Å². The Hall–Kier alpha value is -1.59.